The third-order valence-electron chi connectivity index (χ3n) is 4.46. The molecule has 0 aliphatic heterocycles. The molecular formula is C21H35N3O6PS2-. The van der Waals surface area contributed by atoms with Gasteiger partial charge in [-0.3, -0.25) is 14.2 Å². The van der Waals surface area contributed by atoms with Crippen LogP contribution in [0.4, 0.5) is 0 Å². The Bertz CT molecular complexity index is 715. The van der Waals surface area contributed by atoms with Gasteiger partial charge in [0.2, 0.25) is 11.8 Å². The number of phosphoric acid groups is 1. The normalized spacial score (nSPS) is 12.8. The van der Waals surface area contributed by atoms with Gasteiger partial charge < -0.3 is 24.6 Å². The maximum atomic E-state index is 11.8. The SMILES string of the molecule is COP(=O)([O-])OCCCCCCNC(=O)CCCCCNC(=O)CCSSc1ccccn1. The molecule has 0 fully saturated rings. The van der Waals surface area contributed by atoms with Crippen molar-refractivity contribution in [2.75, 3.05) is 32.6 Å². The lowest BCUT2D eigenvalue weighted by atomic mass is 10.1. The fourth-order valence-corrected chi connectivity index (χ4v) is 4.99. The van der Waals surface area contributed by atoms with Gasteiger partial charge in [0.15, 0.2) is 0 Å². The molecule has 0 saturated carbocycles. The summed E-state index contributed by atoms with van der Waals surface area (Å²) >= 11 is 0. The van der Waals surface area contributed by atoms with Crippen LogP contribution in [0.15, 0.2) is 29.4 Å². The van der Waals surface area contributed by atoms with Crippen molar-refractivity contribution in [3.05, 3.63) is 24.4 Å². The van der Waals surface area contributed by atoms with Gasteiger partial charge in [-0.1, -0.05) is 36.1 Å². The summed E-state index contributed by atoms with van der Waals surface area (Å²) in [5, 5.41) is 6.75. The van der Waals surface area contributed by atoms with Gasteiger partial charge in [-0.2, -0.15) is 0 Å². The van der Waals surface area contributed by atoms with E-state index in [2.05, 4.69) is 24.7 Å². The maximum Gasteiger partial charge on any atom is 0.267 e. The monoisotopic (exact) mass is 520 g/mol. The Balaban J connectivity index is 1.84. The van der Waals surface area contributed by atoms with Crippen molar-refractivity contribution in [2.45, 2.75) is 62.8 Å². The lowest BCUT2D eigenvalue weighted by Gasteiger charge is -2.19. The molecule has 1 atom stereocenters. The van der Waals surface area contributed by atoms with Gasteiger partial charge in [-0.05, 0) is 48.6 Å². The molecule has 1 aromatic heterocycles. The Morgan fingerprint density at radius 1 is 1.00 bits per heavy atom. The van der Waals surface area contributed by atoms with E-state index in [1.807, 2.05) is 18.2 Å². The summed E-state index contributed by atoms with van der Waals surface area (Å²) in [5.74, 6) is 0.822. The van der Waals surface area contributed by atoms with Gasteiger partial charge in [0.05, 0.1) is 6.61 Å². The predicted molar refractivity (Wildman–Crippen MR) is 131 cm³/mol. The van der Waals surface area contributed by atoms with Crippen molar-refractivity contribution in [3.63, 3.8) is 0 Å². The van der Waals surface area contributed by atoms with Gasteiger partial charge in [-0.15, -0.1) is 0 Å². The summed E-state index contributed by atoms with van der Waals surface area (Å²) in [7, 11) is 0.141. The molecule has 1 rings (SSSR count). The highest BCUT2D eigenvalue weighted by atomic mass is 33.1. The number of carbonyl (C=O) groups is 2. The molecule has 0 radical (unpaired) electrons. The average Bonchev–Trinajstić information content (AvgIpc) is 2.81. The zero-order valence-electron chi connectivity index (χ0n) is 19.2. The second kappa shape index (κ2) is 19.2. The van der Waals surface area contributed by atoms with E-state index in [9.17, 15) is 19.0 Å². The molecule has 188 valence electrons. The number of aromatic nitrogens is 1. The average molecular weight is 521 g/mol. The number of nitrogens with zero attached hydrogens (tertiary/aromatic N) is 1. The molecule has 2 amide bonds. The van der Waals surface area contributed by atoms with Crippen LogP contribution in [0.25, 0.3) is 0 Å². The zero-order chi connectivity index (χ0) is 24.2. The van der Waals surface area contributed by atoms with Crippen molar-refractivity contribution < 1.29 is 28.1 Å². The quantitative estimate of drug-likeness (QED) is 0.150. The Morgan fingerprint density at radius 2 is 1.67 bits per heavy atom. The molecule has 12 heteroatoms. The topological polar surface area (TPSA) is 130 Å². The number of carbonyl (C=O) groups excluding carboxylic acids is 2. The summed E-state index contributed by atoms with van der Waals surface area (Å²) in [6.07, 6.45) is 8.45. The first-order chi connectivity index (χ1) is 15.9. The summed E-state index contributed by atoms with van der Waals surface area (Å²) in [5.41, 5.74) is 0. The van der Waals surface area contributed by atoms with Crippen molar-refractivity contribution in [1.82, 2.24) is 15.6 Å². The Hall–Kier alpha value is -1.10. The molecule has 0 aliphatic carbocycles. The van der Waals surface area contributed by atoms with Crippen LogP contribution in [-0.4, -0.2) is 49.4 Å². The Labute approximate surface area is 204 Å². The van der Waals surface area contributed by atoms with Gasteiger partial charge in [0.25, 0.3) is 7.82 Å². The van der Waals surface area contributed by atoms with E-state index in [0.717, 1.165) is 56.4 Å². The lowest BCUT2D eigenvalue weighted by Crippen LogP contribution is -2.25. The van der Waals surface area contributed by atoms with Crippen LogP contribution >= 0.6 is 29.4 Å². The van der Waals surface area contributed by atoms with E-state index >= 15 is 0 Å². The van der Waals surface area contributed by atoms with Crippen molar-refractivity contribution >= 4 is 41.2 Å². The minimum Gasteiger partial charge on any atom is -0.756 e. The summed E-state index contributed by atoms with van der Waals surface area (Å²) in [6.45, 7) is 1.37. The molecule has 1 unspecified atom stereocenters. The van der Waals surface area contributed by atoms with Crippen LogP contribution in [0, 0.1) is 0 Å². The molecule has 0 aliphatic rings. The predicted octanol–water partition coefficient (Wildman–Crippen LogP) is 3.70. The van der Waals surface area contributed by atoms with Crippen LogP contribution in [0.5, 0.6) is 0 Å². The van der Waals surface area contributed by atoms with E-state index in [1.165, 1.54) is 0 Å². The number of pyridine rings is 1. The third kappa shape index (κ3) is 18.0. The second-order valence-corrected chi connectivity index (χ2v) is 11.2. The molecule has 0 spiro atoms. The number of hydrogen-bond donors (Lipinski definition) is 2. The fourth-order valence-electron chi connectivity index (χ4n) is 2.66. The van der Waals surface area contributed by atoms with Crippen LogP contribution in [0.2, 0.25) is 0 Å². The zero-order valence-corrected chi connectivity index (χ0v) is 21.7. The van der Waals surface area contributed by atoms with Crippen LogP contribution in [0.3, 0.4) is 0 Å². The largest absolute Gasteiger partial charge is 0.756 e. The van der Waals surface area contributed by atoms with E-state index in [1.54, 1.807) is 27.8 Å². The molecule has 0 bridgehead atoms. The Morgan fingerprint density at radius 3 is 2.33 bits per heavy atom. The molecule has 1 aromatic rings. The molecule has 0 aromatic carbocycles. The van der Waals surface area contributed by atoms with Crippen LogP contribution < -0.4 is 15.5 Å². The maximum absolute atomic E-state index is 11.8. The minimum absolute atomic E-state index is 0.0391. The molecule has 1 heterocycles. The minimum atomic E-state index is -4.12. The first kappa shape index (κ1) is 29.9. The first-order valence-corrected chi connectivity index (χ1v) is 15.0. The summed E-state index contributed by atoms with van der Waals surface area (Å²) in [4.78, 5) is 38.9. The van der Waals surface area contributed by atoms with E-state index in [-0.39, 0.29) is 18.4 Å². The van der Waals surface area contributed by atoms with Crippen molar-refractivity contribution in [1.29, 1.82) is 0 Å². The van der Waals surface area contributed by atoms with Gasteiger partial charge in [-0.25, -0.2) is 4.98 Å². The molecule has 9 nitrogen and oxygen atoms in total. The third-order valence-corrected chi connectivity index (χ3v) is 7.68. The number of amides is 2. The highest BCUT2D eigenvalue weighted by Crippen LogP contribution is 2.36. The van der Waals surface area contributed by atoms with E-state index < -0.39 is 7.82 Å². The molecule has 33 heavy (non-hydrogen) atoms. The lowest BCUT2D eigenvalue weighted by molar-refractivity contribution is -0.223. The first-order valence-electron chi connectivity index (χ1n) is 11.2. The van der Waals surface area contributed by atoms with Crippen molar-refractivity contribution in [3.8, 4) is 0 Å². The van der Waals surface area contributed by atoms with E-state index in [0.29, 0.717) is 32.4 Å². The molecular weight excluding hydrogens is 485 g/mol. The summed E-state index contributed by atoms with van der Waals surface area (Å²) in [6, 6.07) is 5.76. The standard InChI is InChI=1S/C21H36N3O6PS2/c1-29-31(27,28)30-17-10-3-2-7-14-22-19(25)11-5-4-8-15-23-20(26)13-18-32-33-21-12-6-9-16-24-21/h6,9,12,16H,2-5,7-8,10-11,13-15,17-18H2,1H3,(H,22,25)(H,23,26)(H,27,28)/p-1. The molecule has 0 saturated heterocycles. The fraction of sp³-hybridized carbons (Fsp3) is 0.667. The number of phosphoric ester groups is 1. The molecule has 2 N–H and O–H groups in total. The van der Waals surface area contributed by atoms with Crippen LogP contribution in [-0.2, 0) is 23.2 Å². The van der Waals surface area contributed by atoms with Crippen molar-refractivity contribution in [2.24, 2.45) is 0 Å². The van der Waals surface area contributed by atoms with Gasteiger partial charge in [0.1, 0.15) is 5.03 Å². The highest BCUT2D eigenvalue weighted by Gasteiger charge is 2.05. The number of nitrogens with one attached hydrogen (secondary N) is 2. The summed E-state index contributed by atoms with van der Waals surface area (Å²) < 4.78 is 19.8. The number of unbranched alkanes of at least 4 members (excludes halogenated alkanes) is 5. The second-order valence-electron chi connectivity index (χ2n) is 7.21. The number of hydrogen-bond acceptors (Lipinski definition) is 9. The Kier molecular flexibility index (Phi) is 17.4. The smallest absolute Gasteiger partial charge is 0.267 e. The van der Waals surface area contributed by atoms with Gasteiger partial charge >= 0.3 is 0 Å². The highest BCUT2D eigenvalue weighted by molar-refractivity contribution is 8.76. The van der Waals surface area contributed by atoms with E-state index in [4.69, 9.17) is 0 Å². The van der Waals surface area contributed by atoms with Crippen LogP contribution in [0.1, 0.15) is 57.8 Å². The van der Waals surface area contributed by atoms with Gasteiger partial charge in [0, 0.05) is 45.0 Å². The number of rotatable bonds is 20.